The molecule has 3 nitrogen and oxygen atoms in total. The molecule has 1 saturated heterocycles. The van der Waals surface area contributed by atoms with Crippen molar-refractivity contribution in [3.05, 3.63) is 34.9 Å². The van der Waals surface area contributed by atoms with Crippen LogP contribution >= 0.6 is 0 Å². The van der Waals surface area contributed by atoms with E-state index in [2.05, 4.69) is 10.6 Å². The molecule has 1 atom stereocenters. The van der Waals surface area contributed by atoms with Gasteiger partial charge in [-0.05, 0) is 31.5 Å². The second kappa shape index (κ2) is 4.79. The predicted octanol–water partition coefficient (Wildman–Crippen LogP) is 1.36. The average Bonchev–Trinajstić information content (AvgIpc) is 2.76. The molecule has 0 saturated carbocycles. The highest BCUT2D eigenvalue weighted by Crippen LogP contribution is 2.14. The molecule has 0 aromatic heterocycles. The van der Waals surface area contributed by atoms with Gasteiger partial charge in [0, 0.05) is 18.7 Å². The molecule has 92 valence electrons. The normalized spacial score (nSPS) is 19.4. The van der Waals surface area contributed by atoms with Gasteiger partial charge < -0.3 is 10.6 Å². The topological polar surface area (TPSA) is 41.1 Å². The van der Waals surface area contributed by atoms with Crippen LogP contribution in [0.5, 0.6) is 0 Å². The fraction of sp³-hybridized carbons (Fsp3) is 0.417. The van der Waals surface area contributed by atoms with Gasteiger partial charge in [0.05, 0.1) is 5.56 Å². The van der Waals surface area contributed by atoms with Crippen molar-refractivity contribution in [3.8, 4) is 0 Å². The number of hydrogen-bond acceptors (Lipinski definition) is 2. The number of benzene rings is 1. The summed E-state index contributed by atoms with van der Waals surface area (Å²) in [6.45, 7) is 3.03. The molecule has 0 unspecified atom stereocenters. The van der Waals surface area contributed by atoms with E-state index in [0.29, 0.717) is 6.54 Å². The minimum atomic E-state index is -0.823. The first-order chi connectivity index (χ1) is 8.08. The Hall–Kier alpha value is -1.49. The van der Waals surface area contributed by atoms with Gasteiger partial charge in [-0.25, -0.2) is 8.78 Å². The Morgan fingerprint density at radius 2 is 2.18 bits per heavy atom. The zero-order valence-corrected chi connectivity index (χ0v) is 9.52. The predicted molar refractivity (Wildman–Crippen MR) is 59.8 cm³/mol. The molecule has 2 rings (SSSR count). The lowest BCUT2D eigenvalue weighted by molar-refractivity contribution is 0.0936. The van der Waals surface area contributed by atoms with E-state index in [9.17, 15) is 13.6 Å². The minimum absolute atomic E-state index is 0.0206. The van der Waals surface area contributed by atoms with Gasteiger partial charge in [-0.1, -0.05) is 0 Å². The molecule has 1 fully saturated rings. The summed E-state index contributed by atoms with van der Waals surface area (Å²) in [5.41, 5.74) is 0.164. The number of amides is 1. The fourth-order valence-corrected chi connectivity index (χ4v) is 1.87. The summed E-state index contributed by atoms with van der Waals surface area (Å²) in [6, 6.07) is 2.01. The maximum atomic E-state index is 13.4. The molecule has 0 radical (unpaired) electrons. The van der Waals surface area contributed by atoms with Crippen LogP contribution in [0.1, 0.15) is 22.3 Å². The summed E-state index contributed by atoms with van der Waals surface area (Å²) in [7, 11) is 0. The highest BCUT2D eigenvalue weighted by Gasteiger charge is 2.20. The Kier molecular flexibility index (Phi) is 3.38. The molecular weight excluding hydrogens is 226 g/mol. The monoisotopic (exact) mass is 240 g/mol. The highest BCUT2D eigenvalue weighted by atomic mass is 19.1. The maximum absolute atomic E-state index is 13.4. The Labute approximate surface area is 98.2 Å². The lowest BCUT2D eigenvalue weighted by Crippen LogP contribution is -2.36. The van der Waals surface area contributed by atoms with Gasteiger partial charge in [0.15, 0.2) is 0 Å². The van der Waals surface area contributed by atoms with Gasteiger partial charge in [0.25, 0.3) is 5.91 Å². The summed E-state index contributed by atoms with van der Waals surface area (Å²) in [5.74, 6) is -1.95. The van der Waals surface area contributed by atoms with E-state index in [1.165, 1.54) is 13.0 Å². The van der Waals surface area contributed by atoms with Crippen LogP contribution in [0.25, 0.3) is 0 Å². The molecule has 1 amide bonds. The van der Waals surface area contributed by atoms with Crippen LogP contribution in [0.4, 0.5) is 8.78 Å². The van der Waals surface area contributed by atoms with Gasteiger partial charge in [0.2, 0.25) is 0 Å². The first-order valence-corrected chi connectivity index (χ1v) is 5.55. The molecule has 1 aromatic carbocycles. The van der Waals surface area contributed by atoms with Crippen LogP contribution in [-0.4, -0.2) is 25.0 Å². The van der Waals surface area contributed by atoms with Crippen LogP contribution in [0, 0.1) is 18.6 Å². The van der Waals surface area contributed by atoms with E-state index >= 15 is 0 Å². The molecule has 5 heteroatoms. The van der Waals surface area contributed by atoms with Gasteiger partial charge in [-0.3, -0.25) is 4.79 Å². The summed E-state index contributed by atoms with van der Waals surface area (Å²) in [5, 5.41) is 5.81. The zero-order valence-electron chi connectivity index (χ0n) is 9.52. The van der Waals surface area contributed by atoms with Gasteiger partial charge >= 0.3 is 0 Å². The number of carbonyl (C=O) groups is 1. The Bertz CT molecular complexity index is 442. The molecule has 0 bridgehead atoms. The Balaban J connectivity index is 2.15. The fourth-order valence-electron chi connectivity index (χ4n) is 1.87. The first kappa shape index (κ1) is 12.0. The number of nitrogens with one attached hydrogen (secondary N) is 2. The van der Waals surface area contributed by atoms with E-state index in [-0.39, 0.29) is 17.2 Å². The van der Waals surface area contributed by atoms with E-state index in [1.807, 2.05) is 0 Å². The number of aryl methyl sites for hydroxylation is 1. The van der Waals surface area contributed by atoms with E-state index in [4.69, 9.17) is 0 Å². The Morgan fingerprint density at radius 3 is 2.82 bits per heavy atom. The average molecular weight is 240 g/mol. The molecule has 1 heterocycles. The van der Waals surface area contributed by atoms with E-state index < -0.39 is 17.5 Å². The SMILES string of the molecule is Cc1cc(C(=O)N[C@@H]2CCNC2)c(F)cc1F. The van der Waals surface area contributed by atoms with Crippen molar-refractivity contribution in [2.45, 2.75) is 19.4 Å². The van der Waals surface area contributed by atoms with Crippen molar-refractivity contribution in [2.75, 3.05) is 13.1 Å². The van der Waals surface area contributed by atoms with Crippen molar-refractivity contribution >= 4 is 5.91 Å². The molecule has 0 spiro atoms. The molecule has 1 aliphatic rings. The molecule has 2 N–H and O–H groups in total. The maximum Gasteiger partial charge on any atom is 0.254 e. The lowest BCUT2D eigenvalue weighted by Gasteiger charge is -2.12. The Morgan fingerprint density at radius 1 is 1.41 bits per heavy atom. The summed E-state index contributed by atoms with van der Waals surface area (Å²) >= 11 is 0. The quantitative estimate of drug-likeness (QED) is 0.819. The number of rotatable bonds is 2. The number of halogens is 2. The van der Waals surface area contributed by atoms with Crippen molar-refractivity contribution < 1.29 is 13.6 Å². The standard InChI is InChI=1S/C12H14F2N2O/c1-7-4-9(11(14)5-10(7)13)12(17)16-8-2-3-15-6-8/h4-5,8,15H,2-3,6H2,1H3,(H,16,17)/t8-/m1/s1. The van der Waals surface area contributed by atoms with Crippen molar-refractivity contribution in [1.29, 1.82) is 0 Å². The second-order valence-electron chi connectivity index (χ2n) is 4.24. The van der Waals surface area contributed by atoms with E-state index in [1.54, 1.807) is 0 Å². The van der Waals surface area contributed by atoms with E-state index in [0.717, 1.165) is 19.0 Å². The third-order valence-electron chi connectivity index (χ3n) is 2.89. The van der Waals surface area contributed by atoms with Crippen molar-refractivity contribution in [3.63, 3.8) is 0 Å². The minimum Gasteiger partial charge on any atom is -0.348 e. The van der Waals surface area contributed by atoms with Crippen molar-refractivity contribution in [2.24, 2.45) is 0 Å². The third-order valence-corrected chi connectivity index (χ3v) is 2.89. The highest BCUT2D eigenvalue weighted by molar-refractivity contribution is 5.94. The lowest BCUT2D eigenvalue weighted by atomic mass is 10.1. The van der Waals surface area contributed by atoms with Gasteiger partial charge in [-0.2, -0.15) is 0 Å². The summed E-state index contributed by atoms with van der Waals surface area (Å²) in [6.07, 6.45) is 0.827. The second-order valence-corrected chi connectivity index (χ2v) is 4.24. The van der Waals surface area contributed by atoms with Crippen LogP contribution in [0.15, 0.2) is 12.1 Å². The van der Waals surface area contributed by atoms with Gasteiger partial charge in [0.1, 0.15) is 11.6 Å². The molecule has 17 heavy (non-hydrogen) atoms. The summed E-state index contributed by atoms with van der Waals surface area (Å²) in [4.78, 5) is 11.8. The zero-order chi connectivity index (χ0) is 12.4. The van der Waals surface area contributed by atoms with Crippen LogP contribution in [-0.2, 0) is 0 Å². The number of hydrogen-bond donors (Lipinski definition) is 2. The van der Waals surface area contributed by atoms with Crippen LogP contribution in [0.3, 0.4) is 0 Å². The first-order valence-electron chi connectivity index (χ1n) is 5.55. The molecule has 1 aliphatic heterocycles. The smallest absolute Gasteiger partial charge is 0.254 e. The van der Waals surface area contributed by atoms with Crippen LogP contribution < -0.4 is 10.6 Å². The van der Waals surface area contributed by atoms with Gasteiger partial charge in [-0.15, -0.1) is 0 Å². The van der Waals surface area contributed by atoms with Crippen LogP contribution in [0.2, 0.25) is 0 Å². The number of carbonyl (C=O) groups excluding carboxylic acids is 1. The molecular formula is C12H14F2N2O. The molecule has 0 aliphatic carbocycles. The van der Waals surface area contributed by atoms with Crippen molar-refractivity contribution in [1.82, 2.24) is 10.6 Å². The third kappa shape index (κ3) is 2.61. The largest absolute Gasteiger partial charge is 0.348 e. The molecule has 1 aromatic rings. The summed E-state index contributed by atoms with van der Waals surface area (Å²) < 4.78 is 26.5.